The fourth-order valence-corrected chi connectivity index (χ4v) is 5.74. The zero-order valence-electron chi connectivity index (χ0n) is 25.5. The van der Waals surface area contributed by atoms with Crippen LogP contribution in [0, 0.1) is 5.92 Å². The number of hydrogen-bond donors (Lipinski definition) is 0. The Morgan fingerprint density at radius 1 is 0.833 bits per heavy atom. The van der Waals surface area contributed by atoms with Crippen LogP contribution in [0.5, 0.6) is 5.88 Å². The molecule has 2 aromatic rings. The van der Waals surface area contributed by atoms with E-state index in [-0.39, 0.29) is 12.3 Å². The fraction of sp³-hybridized carbons (Fsp3) is 0.676. The Balaban J connectivity index is 1.44. The third-order valence-electron chi connectivity index (χ3n) is 8.39. The number of alkyl halides is 3. The summed E-state index contributed by atoms with van der Waals surface area (Å²) in [6.45, 7) is 3.41. The van der Waals surface area contributed by atoms with Gasteiger partial charge in [-0.2, -0.15) is 13.2 Å². The SMILES string of the molecule is CCCCCCCCC1CCC(c2ccc(-c3ccc(OCC(OC(=O)CCCCCC)C(F)(F)F)nn3)cc2)CC1. The molecule has 1 aliphatic rings. The molecule has 0 amide bonds. The van der Waals surface area contributed by atoms with E-state index in [1.807, 2.05) is 19.1 Å². The lowest BCUT2D eigenvalue weighted by Crippen LogP contribution is -2.38. The van der Waals surface area contributed by atoms with Gasteiger partial charge in [-0.25, -0.2) is 0 Å². The van der Waals surface area contributed by atoms with Crippen LogP contribution >= 0.6 is 0 Å². The summed E-state index contributed by atoms with van der Waals surface area (Å²) >= 11 is 0. The molecule has 3 rings (SSSR count). The summed E-state index contributed by atoms with van der Waals surface area (Å²) in [5.41, 5.74) is 2.85. The van der Waals surface area contributed by atoms with Gasteiger partial charge >= 0.3 is 12.1 Å². The third kappa shape index (κ3) is 11.9. The minimum absolute atomic E-state index is 0.0413. The minimum atomic E-state index is -4.73. The average Bonchev–Trinajstić information content (AvgIpc) is 2.99. The first-order valence-electron chi connectivity index (χ1n) is 16.1. The second-order valence-electron chi connectivity index (χ2n) is 11.8. The number of hydrogen-bond acceptors (Lipinski definition) is 5. The highest BCUT2D eigenvalue weighted by atomic mass is 19.4. The lowest BCUT2D eigenvalue weighted by molar-refractivity contribution is -0.227. The van der Waals surface area contributed by atoms with Crippen LogP contribution in [0.25, 0.3) is 11.3 Å². The van der Waals surface area contributed by atoms with Gasteiger partial charge in [0.05, 0.1) is 5.69 Å². The molecule has 234 valence electrons. The van der Waals surface area contributed by atoms with Crippen molar-refractivity contribution in [3.05, 3.63) is 42.0 Å². The molecule has 1 fully saturated rings. The van der Waals surface area contributed by atoms with Gasteiger partial charge in [-0.3, -0.25) is 4.79 Å². The molecule has 1 aromatic heterocycles. The van der Waals surface area contributed by atoms with Crippen LogP contribution in [-0.4, -0.2) is 35.1 Å². The zero-order valence-corrected chi connectivity index (χ0v) is 25.5. The summed E-state index contributed by atoms with van der Waals surface area (Å²) in [7, 11) is 0. The van der Waals surface area contributed by atoms with Gasteiger partial charge in [-0.05, 0) is 55.6 Å². The number of unbranched alkanes of at least 4 members (excludes halogenated alkanes) is 8. The van der Waals surface area contributed by atoms with E-state index in [1.54, 1.807) is 6.07 Å². The number of rotatable bonds is 18. The van der Waals surface area contributed by atoms with E-state index in [9.17, 15) is 18.0 Å². The number of aromatic nitrogens is 2. The van der Waals surface area contributed by atoms with Gasteiger partial charge in [0.1, 0.15) is 6.61 Å². The number of nitrogens with zero attached hydrogens (tertiary/aromatic N) is 2. The van der Waals surface area contributed by atoms with Crippen LogP contribution in [0.3, 0.4) is 0 Å². The average molecular weight is 591 g/mol. The monoisotopic (exact) mass is 590 g/mol. The summed E-state index contributed by atoms with van der Waals surface area (Å²) in [5, 5.41) is 8.09. The Labute approximate surface area is 250 Å². The van der Waals surface area contributed by atoms with E-state index in [2.05, 4.69) is 34.0 Å². The number of benzene rings is 1. The maximum absolute atomic E-state index is 13.4. The number of carbonyl (C=O) groups excluding carboxylic acids is 1. The molecule has 1 aromatic carbocycles. The van der Waals surface area contributed by atoms with Crippen molar-refractivity contribution in [2.75, 3.05) is 6.61 Å². The van der Waals surface area contributed by atoms with E-state index in [1.165, 1.54) is 82.3 Å². The Kier molecular flexibility index (Phi) is 14.6. The highest BCUT2D eigenvalue weighted by Gasteiger charge is 2.43. The summed E-state index contributed by atoms with van der Waals surface area (Å²) < 4.78 is 50.1. The van der Waals surface area contributed by atoms with Gasteiger partial charge in [-0.15, -0.1) is 10.2 Å². The van der Waals surface area contributed by atoms with Gasteiger partial charge < -0.3 is 9.47 Å². The topological polar surface area (TPSA) is 61.3 Å². The largest absolute Gasteiger partial charge is 0.472 e. The van der Waals surface area contributed by atoms with Gasteiger partial charge in [0, 0.05) is 18.1 Å². The van der Waals surface area contributed by atoms with E-state index >= 15 is 0 Å². The first-order chi connectivity index (χ1) is 20.3. The van der Waals surface area contributed by atoms with Crippen LogP contribution < -0.4 is 4.74 Å². The molecule has 1 saturated carbocycles. The summed E-state index contributed by atoms with van der Waals surface area (Å²) in [4.78, 5) is 11.9. The molecule has 0 bridgehead atoms. The molecule has 1 unspecified atom stereocenters. The third-order valence-corrected chi connectivity index (χ3v) is 8.39. The molecule has 1 atom stereocenters. The normalized spacial score (nSPS) is 18.0. The van der Waals surface area contributed by atoms with Crippen molar-refractivity contribution >= 4 is 5.97 Å². The van der Waals surface area contributed by atoms with E-state index < -0.39 is 24.9 Å². The predicted molar refractivity (Wildman–Crippen MR) is 160 cm³/mol. The second-order valence-corrected chi connectivity index (χ2v) is 11.8. The van der Waals surface area contributed by atoms with Crippen molar-refractivity contribution in [1.29, 1.82) is 0 Å². The van der Waals surface area contributed by atoms with Crippen molar-refractivity contribution in [2.45, 2.75) is 135 Å². The summed E-state index contributed by atoms with van der Waals surface area (Å²) in [6.07, 6.45) is 10.7. The van der Waals surface area contributed by atoms with Crippen molar-refractivity contribution in [3.8, 4) is 17.1 Å². The Hall–Kier alpha value is -2.64. The van der Waals surface area contributed by atoms with Gasteiger partial charge in [0.2, 0.25) is 12.0 Å². The van der Waals surface area contributed by atoms with Crippen LogP contribution in [0.4, 0.5) is 13.2 Å². The number of esters is 1. The molecule has 1 heterocycles. The van der Waals surface area contributed by atoms with Crippen molar-refractivity contribution in [1.82, 2.24) is 10.2 Å². The molecule has 42 heavy (non-hydrogen) atoms. The summed E-state index contributed by atoms with van der Waals surface area (Å²) in [6, 6.07) is 11.5. The highest BCUT2D eigenvalue weighted by Crippen LogP contribution is 2.38. The van der Waals surface area contributed by atoms with Crippen LogP contribution in [-0.2, 0) is 9.53 Å². The predicted octanol–water partition coefficient (Wildman–Crippen LogP) is 9.99. The molecular formula is C34H49F3N2O3. The maximum atomic E-state index is 13.4. The van der Waals surface area contributed by atoms with E-state index in [0.717, 1.165) is 30.7 Å². The van der Waals surface area contributed by atoms with Gasteiger partial charge in [0.15, 0.2) is 0 Å². The van der Waals surface area contributed by atoms with Crippen molar-refractivity contribution in [3.63, 3.8) is 0 Å². The Bertz CT molecular complexity index is 1020. The molecule has 1 aliphatic carbocycles. The zero-order chi connectivity index (χ0) is 30.2. The van der Waals surface area contributed by atoms with Crippen molar-refractivity contribution in [2.24, 2.45) is 5.92 Å². The lowest BCUT2D eigenvalue weighted by atomic mass is 9.77. The molecule has 8 heteroatoms. The van der Waals surface area contributed by atoms with Gasteiger partial charge in [-0.1, -0.05) is 102 Å². The first kappa shape index (κ1) is 33.9. The molecule has 5 nitrogen and oxygen atoms in total. The quantitative estimate of drug-likeness (QED) is 0.128. The molecule has 0 radical (unpaired) electrons. The molecular weight excluding hydrogens is 541 g/mol. The smallest absolute Gasteiger partial charge is 0.428 e. The standard InChI is InChI=1S/C34H49F3N2O3/c1-3-5-7-9-10-11-13-26-15-17-27(18-16-26)28-19-21-29(22-20-28)30-23-24-32(39-38-30)41-25-31(34(35,36)37)42-33(40)14-12-8-6-4-2/h19-24,26-27,31H,3-18,25H2,1-2H3. The molecule has 0 aliphatic heterocycles. The number of halogens is 3. The highest BCUT2D eigenvalue weighted by molar-refractivity contribution is 5.69. The Morgan fingerprint density at radius 2 is 1.48 bits per heavy atom. The summed E-state index contributed by atoms with van der Waals surface area (Å²) in [5.74, 6) is 0.537. The second kappa shape index (κ2) is 18.1. The fourth-order valence-electron chi connectivity index (χ4n) is 5.74. The van der Waals surface area contributed by atoms with Gasteiger partial charge in [0.25, 0.3) is 0 Å². The minimum Gasteiger partial charge on any atom is -0.472 e. The molecule has 0 N–H and O–H groups in total. The van der Waals surface area contributed by atoms with Crippen molar-refractivity contribution < 1.29 is 27.4 Å². The number of carbonyl (C=O) groups is 1. The van der Waals surface area contributed by atoms with Crippen LogP contribution in [0.1, 0.15) is 128 Å². The number of ether oxygens (including phenoxy) is 2. The lowest BCUT2D eigenvalue weighted by Gasteiger charge is -2.29. The Morgan fingerprint density at radius 3 is 2.10 bits per heavy atom. The van der Waals surface area contributed by atoms with Crippen LogP contribution in [0.2, 0.25) is 0 Å². The molecule has 0 spiro atoms. The molecule has 0 saturated heterocycles. The van der Waals surface area contributed by atoms with Crippen LogP contribution in [0.15, 0.2) is 36.4 Å². The maximum Gasteiger partial charge on any atom is 0.428 e. The van der Waals surface area contributed by atoms with E-state index in [0.29, 0.717) is 18.0 Å². The van der Waals surface area contributed by atoms with E-state index in [4.69, 9.17) is 4.74 Å². The first-order valence-corrected chi connectivity index (χ1v) is 16.1.